The molecule has 0 aliphatic heterocycles. The van der Waals surface area contributed by atoms with E-state index in [2.05, 4.69) is 16.0 Å². The molecular weight excluding hydrogens is 206 g/mol. The second-order valence-electron chi connectivity index (χ2n) is 3.70. The third-order valence-electron chi connectivity index (χ3n) is 2.29. The number of carbonyl (C=O) groups is 2. The van der Waals surface area contributed by atoms with Crippen LogP contribution in [0.2, 0.25) is 0 Å². The minimum Gasteiger partial charge on any atom is -0.469 e. The molecular formula is C12H19NO3. The number of ether oxygens (including phenoxy) is 1. The Balaban J connectivity index is 4.17. The average molecular weight is 225 g/mol. The SMILES string of the molecule is C#CC(CC(=O)OC)NC(=O)C(C)CCC. The summed E-state index contributed by atoms with van der Waals surface area (Å²) in [5.74, 6) is 1.74. The van der Waals surface area contributed by atoms with Crippen molar-refractivity contribution in [2.24, 2.45) is 5.92 Å². The number of carbonyl (C=O) groups excluding carboxylic acids is 2. The fourth-order valence-corrected chi connectivity index (χ4v) is 1.28. The summed E-state index contributed by atoms with van der Waals surface area (Å²) in [4.78, 5) is 22.6. The largest absolute Gasteiger partial charge is 0.469 e. The van der Waals surface area contributed by atoms with Crippen LogP contribution in [0.4, 0.5) is 0 Å². The molecule has 0 aliphatic carbocycles. The first kappa shape index (κ1) is 14.5. The summed E-state index contributed by atoms with van der Waals surface area (Å²) >= 11 is 0. The van der Waals surface area contributed by atoms with E-state index in [9.17, 15) is 9.59 Å². The number of esters is 1. The zero-order valence-corrected chi connectivity index (χ0v) is 10.1. The Morgan fingerprint density at radius 1 is 1.50 bits per heavy atom. The molecule has 16 heavy (non-hydrogen) atoms. The second-order valence-corrected chi connectivity index (χ2v) is 3.70. The van der Waals surface area contributed by atoms with Gasteiger partial charge < -0.3 is 10.1 Å². The van der Waals surface area contributed by atoms with E-state index in [1.807, 2.05) is 13.8 Å². The quantitative estimate of drug-likeness (QED) is 0.544. The predicted octanol–water partition coefficient (Wildman–Crippen LogP) is 1.10. The van der Waals surface area contributed by atoms with Crippen LogP contribution in [0.3, 0.4) is 0 Å². The number of hydrogen-bond acceptors (Lipinski definition) is 3. The van der Waals surface area contributed by atoms with Crippen molar-refractivity contribution in [2.75, 3.05) is 7.11 Å². The van der Waals surface area contributed by atoms with Crippen molar-refractivity contribution in [3.8, 4) is 12.3 Å². The van der Waals surface area contributed by atoms with Gasteiger partial charge in [0, 0.05) is 5.92 Å². The maximum atomic E-state index is 11.6. The topological polar surface area (TPSA) is 55.4 Å². The maximum absolute atomic E-state index is 11.6. The van der Waals surface area contributed by atoms with Gasteiger partial charge in [0.1, 0.15) is 6.04 Å². The molecule has 2 atom stereocenters. The highest BCUT2D eigenvalue weighted by Crippen LogP contribution is 2.05. The minimum atomic E-state index is -0.584. The number of methoxy groups -OCH3 is 1. The van der Waals surface area contributed by atoms with Crippen molar-refractivity contribution < 1.29 is 14.3 Å². The van der Waals surface area contributed by atoms with Crippen LogP contribution in [-0.2, 0) is 14.3 Å². The van der Waals surface area contributed by atoms with Gasteiger partial charge in [-0.05, 0) is 6.42 Å². The van der Waals surface area contributed by atoms with Crippen molar-refractivity contribution in [2.45, 2.75) is 39.2 Å². The summed E-state index contributed by atoms with van der Waals surface area (Å²) < 4.78 is 4.49. The molecule has 1 N–H and O–H groups in total. The highest BCUT2D eigenvalue weighted by Gasteiger charge is 2.18. The minimum absolute atomic E-state index is 0.0115. The molecule has 4 nitrogen and oxygen atoms in total. The van der Waals surface area contributed by atoms with E-state index in [4.69, 9.17) is 6.42 Å². The van der Waals surface area contributed by atoms with Gasteiger partial charge in [0.15, 0.2) is 0 Å². The Hall–Kier alpha value is -1.50. The van der Waals surface area contributed by atoms with E-state index in [1.165, 1.54) is 7.11 Å². The van der Waals surface area contributed by atoms with Crippen LogP contribution in [0.1, 0.15) is 33.1 Å². The van der Waals surface area contributed by atoms with Gasteiger partial charge in [-0.1, -0.05) is 26.2 Å². The Bertz CT molecular complexity index is 280. The molecule has 0 heterocycles. The third-order valence-corrected chi connectivity index (χ3v) is 2.29. The van der Waals surface area contributed by atoms with Crippen LogP contribution in [0.5, 0.6) is 0 Å². The van der Waals surface area contributed by atoms with Crippen molar-refractivity contribution >= 4 is 11.9 Å². The summed E-state index contributed by atoms with van der Waals surface area (Å²) in [7, 11) is 1.29. The number of hydrogen-bond donors (Lipinski definition) is 1. The molecule has 0 aliphatic rings. The van der Waals surface area contributed by atoms with Gasteiger partial charge in [-0.2, -0.15) is 0 Å². The van der Waals surface area contributed by atoms with Crippen molar-refractivity contribution in [3.63, 3.8) is 0 Å². The third kappa shape index (κ3) is 5.40. The molecule has 0 spiro atoms. The van der Waals surface area contributed by atoms with Crippen LogP contribution < -0.4 is 5.32 Å². The normalized spacial score (nSPS) is 13.4. The van der Waals surface area contributed by atoms with Crippen molar-refractivity contribution in [1.82, 2.24) is 5.32 Å². The van der Waals surface area contributed by atoms with E-state index in [0.29, 0.717) is 0 Å². The molecule has 4 heteroatoms. The average Bonchev–Trinajstić information content (AvgIpc) is 2.27. The fourth-order valence-electron chi connectivity index (χ4n) is 1.28. The van der Waals surface area contributed by atoms with E-state index in [1.54, 1.807) is 0 Å². The fraction of sp³-hybridized carbons (Fsp3) is 0.667. The molecule has 2 unspecified atom stereocenters. The highest BCUT2D eigenvalue weighted by molar-refractivity contribution is 5.80. The summed E-state index contributed by atoms with van der Waals surface area (Å²) in [6.45, 7) is 3.85. The Morgan fingerprint density at radius 2 is 2.12 bits per heavy atom. The van der Waals surface area contributed by atoms with Gasteiger partial charge in [0.25, 0.3) is 0 Å². The maximum Gasteiger partial charge on any atom is 0.308 e. The Labute approximate surface area is 96.7 Å². The summed E-state index contributed by atoms with van der Waals surface area (Å²) in [6, 6.07) is -0.584. The highest BCUT2D eigenvalue weighted by atomic mass is 16.5. The van der Waals surface area contributed by atoms with Crippen LogP contribution in [0.15, 0.2) is 0 Å². The number of rotatable bonds is 6. The lowest BCUT2D eigenvalue weighted by Gasteiger charge is -2.15. The Kier molecular flexibility index (Phi) is 7.02. The van der Waals surface area contributed by atoms with E-state index in [-0.39, 0.29) is 18.2 Å². The van der Waals surface area contributed by atoms with Gasteiger partial charge in [0.05, 0.1) is 13.5 Å². The van der Waals surface area contributed by atoms with Crippen LogP contribution in [-0.4, -0.2) is 25.0 Å². The van der Waals surface area contributed by atoms with Crippen molar-refractivity contribution in [3.05, 3.63) is 0 Å². The van der Waals surface area contributed by atoms with Crippen LogP contribution in [0.25, 0.3) is 0 Å². The monoisotopic (exact) mass is 225 g/mol. The van der Waals surface area contributed by atoms with Gasteiger partial charge in [-0.25, -0.2) is 0 Å². The van der Waals surface area contributed by atoms with E-state index >= 15 is 0 Å². The molecule has 0 radical (unpaired) electrons. The lowest BCUT2D eigenvalue weighted by atomic mass is 10.0. The standard InChI is InChI=1S/C12H19NO3/c1-5-7-9(3)12(15)13-10(6-2)8-11(14)16-4/h2,9-10H,5,7-8H2,1,3-4H3,(H,13,15). The summed E-state index contributed by atoms with van der Waals surface area (Å²) in [5.41, 5.74) is 0. The zero-order valence-electron chi connectivity index (χ0n) is 10.1. The summed E-state index contributed by atoms with van der Waals surface area (Å²) in [6.07, 6.45) is 6.98. The molecule has 0 bridgehead atoms. The molecule has 0 aromatic heterocycles. The lowest BCUT2D eigenvalue weighted by Crippen LogP contribution is -2.38. The molecule has 90 valence electrons. The Morgan fingerprint density at radius 3 is 2.56 bits per heavy atom. The van der Waals surface area contributed by atoms with E-state index < -0.39 is 12.0 Å². The first-order valence-corrected chi connectivity index (χ1v) is 5.38. The molecule has 0 saturated heterocycles. The van der Waals surface area contributed by atoms with Crippen LogP contribution >= 0.6 is 0 Å². The number of amides is 1. The summed E-state index contributed by atoms with van der Waals surface area (Å²) in [5, 5.41) is 2.64. The molecule has 1 amide bonds. The zero-order chi connectivity index (χ0) is 12.6. The number of terminal acetylenes is 1. The molecule has 0 aromatic carbocycles. The predicted molar refractivity (Wildman–Crippen MR) is 61.5 cm³/mol. The first-order valence-electron chi connectivity index (χ1n) is 5.38. The lowest BCUT2D eigenvalue weighted by molar-refractivity contribution is -0.141. The van der Waals surface area contributed by atoms with Gasteiger partial charge in [-0.3, -0.25) is 9.59 Å². The molecule has 0 fully saturated rings. The molecule has 0 aromatic rings. The smallest absolute Gasteiger partial charge is 0.308 e. The van der Waals surface area contributed by atoms with Gasteiger partial charge in [0.2, 0.25) is 5.91 Å². The van der Waals surface area contributed by atoms with Crippen molar-refractivity contribution in [1.29, 1.82) is 0 Å². The second kappa shape index (κ2) is 7.75. The molecule has 0 saturated carbocycles. The number of nitrogens with one attached hydrogen (secondary N) is 1. The van der Waals surface area contributed by atoms with E-state index in [0.717, 1.165) is 12.8 Å². The first-order chi connectivity index (χ1) is 7.54. The van der Waals surface area contributed by atoms with Crippen LogP contribution in [0, 0.1) is 18.3 Å². The van der Waals surface area contributed by atoms with Gasteiger partial charge in [-0.15, -0.1) is 6.42 Å². The molecule has 0 rings (SSSR count). The van der Waals surface area contributed by atoms with Gasteiger partial charge >= 0.3 is 5.97 Å².